The summed E-state index contributed by atoms with van der Waals surface area (Å²) in [7, 11) is 1.59. The maximum Gasteiger partial charge on any atom is 0.296 e. The first-order valence-electron chi connectivity index (χ1n) is 9.51. The summed E-state index contributed by atoms with van der Waals surface area (Å²) in [6.45, 7) is 2.07. The van der Waals surface area contributed by atoms with Gasteiger partial charge in [-0.1, -0.05) is 34.9 Å². The molecule has 0 aliphatic rings. The zero-order chi connectivity index (χ0) is 22.5. The van der Waals surface area contributed by atoms with Gasteiger partial charge in [-0.05, 0) is 42.5 Å². The molecule has 0 radical (unpaired) electrons. The van der Waals surface area contributed by atoms with Gasteiger partial charge in [-0.15, -0.1) is 5.10 Å². The Morgan fingerprint density at radius 2 is 1.94 bits per heavy atom. The third-order valence-corrected chi connectivity index (χ3v) is 5.42. The number of nitrogens with zero attached hydrogens (tertiary/aromatic N) is 4. The van der Waals surface area contributed by atoms with Crippen LogP contribution in [0.4, 0.5) is 5.13 Å². The molecule has 0 saturated carbocycles. The molecule has 0 unspecified atom stereocenters. The Hall–Kier alpha value is -3.56. The van der Waals surface area contributed by atoms with Gasteiger partial charge in [0.25, 0.3) is 11.1 Å². The summed E-state index contributed by atoms with van der Waals surface area (Å²) < 4.78 is 11.1. The Labute approximate surface area is 193 Å². The van der Waals surface area contributed by atoms with E-state index in [0.717, 1.165) is 22.6 Å². The minimum absolute atomic E-state index is 0.208. The summed E-state index contributed by atoms with van der Waals surface area (Å²) >= 11 is 6.95. The van der Waals surface area contributed by atoms with Gasteiger partial charge >= 0.3 is 0 Å². The summed E-state index contributed by atoms with van der Waals surface area (Å²) in [6.07, 6.45) is 3.08. The van der Waals surface area contributed by atoms with E-state index in [4.69, 9.17) is 21.1 Å². The molecule has 0 bridgehead atoms. The molecule has 3 heterocycles. The molecule has 0 aliphatic carbocycles. The van der Waals surface area contributed by atoms with E-state index in [1.54, 1.807) is 25.4 Å². The Balaban J connectivity index is 1.51. The van der Waals surface area contributed by atoms with Gasteiger partial charge < -0.3 is 9.47 Å². The van der Waals surface area contributed by atoms with Gasteiger partial charge in [-0.3, -0.25) is 20.1 Å². The molecule has 0 spiro atoms. The van der Waals surface area contributed by atoms with E-state index in [0.29, 0.717) is 37.9 Å². The number of nitrogens with one attached hydrogen (secondary N) is 1. The number of pyridine rings is 2. The van der Waals surface area contributed by atoms with Gasteiger partial charge in [0, 0.05) is 29.2 Å². The van der Waals surface area contributed by atoms with E-state index in [1.807, 2.05) is 37.3 Å². The van der Waals surface area contributed by atoms with Crippen LogP contribution in [0.1, 0.15) is 21.7 Å². The topological polar surface area (TPSA) is 99.1 Å². The van der Waals surface area contributed by atoms with Crippen molar-refractivity contribution in [3.05, 3.63) is 76.8 Å². The quantitative estimate of drug-likeness (QED) is 0.417. The van der Waals surface area contributed by atoms with E-state index in [-0.39, 0.29) is 12.5 Å². The van der Waals surface area contributed by atoms with Gasteiger partial charge in [0.05, 0.1) is 23.4 Å². The third-order valence-electron chi connectivity index (χ3n) is 4.44. The molecule has 10 heteroatoms. The van der Waals surface area contributed by atoms with Gasteiger partial charge in [0.2, 0.25) is 5.13 Å². The standard InChI is InChI=1S/C22H18ClN5O3S/c1-13-9-17(16-5-3-4-6-19(16)30-2)18(11-24-13)20(29)26-21-27-28-22(32-21)31-12-15-8-7-14(23)10-25-15/h3-11H,12H2,1-2H3,(H,26,27,29). The number of aryl methyl sites for hydroxylation is 1. The average molecular weight is 468 g/mol. The number of amides is 1. The van der Waals surface area contributed by atoms with Crippen LogP contribution in [0, 0.1) is 6.92 Å². The Morgan fingerprint density at radius 1 is 1.09 bits per heavy atom. The van der Waals surface area contributed by atoms with Crippen LogP contribution in [0.2, 0.25) is 5.02 Å². The fourth-order valence-corrected chi connectivity index (χ4v) is 3.64. The molecule has 8 nitrogen and oxygen atoms in total. The van der Waals surface area contributed by atoms with E-state index < -0.39 is 0 Å². The van der Waals surface area contributed by atoms with Crippen molar-refractivity contribution < 1.29 is 14.3 Å². The SMILES string of the molecule is COc1ccccc1-c1cc(C)ncc1C(=O)Nc1nnc(OCc2ccc(Cl)cn2)s1. The lowest BCUT2D eigenvalue weighted by molar-refractivity contribution is 0.102. The number of anilines is 1. The van der Waals surface area contributed by atoms with E-state index in [2.05, 4.69) is 25.5 Å². The van der Waals surface area contributed by atoms with Gasteiger partial charge in [-0.25, -0.2) is 0 Å². The summed E-state index contributed by atoms with van der Waals surface area (Å²) in [5, 5.41) is 11.9. The highest BCUT2D eigenvalue weighted by atomic mass is 35.5. The highest BCUT2D eigenvalue weighted by Crippen LogP contribution is 2.33. The van der Waals surface area contributed by atoms with Crippen molar-refractivity contribution in [2.24, 2.45) is 0 Å². The van der Waals surface area contributed by atoms with Crippen molar-refractivity contribution in [2.45, 2.75) is 13.5 Å². The lowest BCUT2D eigenvalue weighted by Crippen LogP contribution is -2.14. The predicted octanol–water partition coefficient (Wildman–Crippen LogP) is 4.80. The second-order valence-electron chi connectivity index (χ2n) is 6.66. The maximum atomic E-state index is 13.0. The normalized spacial score (nSPS) is 10.6. The summed E-state index contributed by atoms with van der Waals surface area (Å²) in [5.41, 5.74) is 3.38. The van der Waals surface area contributed by atoms with E-state index >= 15 is 0 Å². The lowest BCUT2D eigenvalue weighted by atomic mass is 9.99. The van der Waals surface area contributed by atoms with Gasteiger partial charge in [0.15, 0.2) is 0 Å². The van der Waals surface area contributed by atoms with Gasteiger partial charge in [-0.2, -0.15) is 0 Å². The number of carbonyl (C=O) groups excluding carboxylic acids is 1. The highest BCUT2D eigenvalue weighted by Gasteiger charge is 2.18. The Morgan fingerprint density at radius 3 is 2.72 bits per heavy atom. The van der Waals surface area contributed by atoms with Crippen LogP contribution in [-0.2, 0) is 6.61 Å². The number of halogens is 1. The van der Waals surface area contributed by atoms with E-state index in [9.17, 15) is 4.79 Å². The molecule has 1 N–H and O–H groups in total. The van der Waals surface area contributed by atoms with Crippen LogP contribution in [0.25, 0.3) is 11.1 Å². The van der Waals surface area contributed by atoms with Crippen LogP contribution in [0.3, 0.4) is 0 Å². The third kappa shape index (κ3) is 5.01. The number of benzene rings is 1. The molecule has 4 rings (SSSR count). The number of hydrogen-bond donors (Lipinski definition) is 1. The van der Waals surface area contributed by atoms with Crippen LogP contribution >= 0.6 is 22.9 Å². The molecule has 32 heavy (non-hydrogen) atoms. The zero-order valence-electron chi connectivity index (χ0n) is 17.2. The molecule has 162 valence electrons. The molecule has 3 aromatic heterocycles. The lowest BCUT2D eigenvalue weighted by Gasteiger charge is -2.13. The molecule has 0 fully saturated rings. The van der Waals surface area contributed by atoms with Crippen molar-refractivity contribution in [3.63, 3.8) is 0 Å². The van der Waals surface area contributed by atoms with Crippen molar-refractivity contribution in [1.29, 1.82) is 0 Å². The Bertz CT molecular complexity index is 1250. The van der Waals surface area contributed by atoms with Crippen LogP contribution in [0.5, 0.6) is 10.9 Å². The van der Waals surface area contributed by atoms with Crippen LogP contribution in [0.15, 0.2) is 54.9 Å². The number of aromatic nitrogens is 4. The summed E-state index contributed by atoms with van der Waals surface area (Å²) in [5.74, 6) is 0.301. The highest BCUT2D eigenvalue weighted by molar-refractivity contribution is 7.17. The number of methoxy groups -OCH3 is 1. The van der Waals surface area contributed by atoms with Crippen molar-refractivity contribution in [2.75, 3.05) is 12.4 Å². The van der Waals surface area contributed by atoms with Crippen molar-refractivity contribution >= 4 is 34.0 Å². The Kier molecular flexibility index (Phi) is 6.58. The van der Waals surface area contributed by atoms with Crippen molar-refractivity contribution in [1.82, 2.24) is 20.2 Å². The number of rotatable bonds is 7. The number of hydrogen-bond acceptors (Lipinski definition) is 8. The monoisotopic (exact) mass is 467 g/mol. The largest absolute Gasteiger partial charge is 0.496 e. The fourth-order valence-electron chi connectivity index (χ4n) is 2.94. The van der Waals surface area contributed by atoms with Crippen molar-refractivity contribution in [3.8, 4) is 22.1 Å². The second-order valence-corrected chi connectivity index (χ2v) is 8.03. The van der Waals surface area contributed by atoms with E-state index in [1.165, 1.54) is 6.20 Å². The summed E-state index contributed by atoms with van der Waals surface area (Å²) in [6, 6.07) is 12.8. The molecule has 1 aromatic carbocycles. The molecule has 0 saturated heterocycles. The molecule has 1 amide bonds. The molecular formula is C22H18ClN5O3S. The summed E-state index contributed by atoms with van der Waals surface area (Å²) in [4.78, 5) is 21.5. The smallest absolute Gasteiger partial charge is 0.296 e. The zero-order valence-corrected chi connectivity index (χ0v) is 18.8. The number of carbonyl (C=O) groups is 1. The van der Waals surface area contributed by atoms with Crippen LogP contribution < -0.4 is 14.8 Å². The first-order valence-corrected chi connectivity index (χ1v) is 10.7. The first kappa shape index (κ1) is 21.7. The number of ether oxygens (including phenoxy) is 2. The van der Waals surface area contributed by atoms with Gasteiger partial charge in [0.1, 0.15) is 12.4 Å². The van der Waals surface area contributed by atoms with Crippen LogP contribution in [-0.4, -0.2) is 33.2 Å². The fraction of sp³-hybridized carbons (Fsp3) is 0.136. The first-order chi connectivity index (χ1) is 15.5. The molecular weight excluding hydrogens is 450 g/mol. The maximum absolute atomic E-state index is 13.0. The average Bonchev–Trinajstić information content (AvgIpc) is 3.25. The predicted molar refractivity (Wildman–Crippen MR) is 122 cm³/mol. The molecule has 4 aromatic rings. The minimum Gasteiger partial charge on any atom is -0.496 e. The minimum atomic E-state index is -0.361. The second kappa shape index (κ2) is 9.71. The molecule has 0 atom stereocenters. The number of para-hydroxylation sites is 1. The molecule has 0 aliphatic heterocycles.